The number of nitrogens with two attached hydrogens (primary N) is 1. The molecule has 0 unspecified atom stereocenters. The van der Waals surface area contributed by atoms with Crippen LogP contribution in [0.5, 0.6) is 0 Å². The summed E-state index contributed by atoms with van der Waals surface area (Å²) >= 11 is 1.48. The Morgan fingerprint density at radius 2 is 2.22 bits per heavy atom. The SMILES string of the molecule is Nc1nc(CCCc2nc(C3CCC3)no2)cs1. The number of aromatic nitrogens is 3. The van der Waals surface area contributed by atoms with Crippen molar-refractivity contribution in [2.24, 2.45) is 0 Å². The minimum Gasteiger partial charge on any atom is -0.375 e. The zero-order chi connectivity index (χ0) is 12.4. The lowest BCUT2D eigenvalue weighted by Gasteiger charge is -2.20. The lowest BCUT2D eigenvalue weighted by Crippen LogP contribution is -2.10. The first-order valence-corrected chi connectivity index (χ1v) is 7.21. The van der Waals surface area contributed by atoms with E-state index in [0.717, 1.165) is 36.7 Å². The zero-order valence-corrected chi connectivity index (χ0v) is 10.9. The third-order valence-corrected chi connectivity index (χ3v) is 4.07. The lowest BCUT2D eigenvalue weighted by atomic mass is 9.85. The van der Waals surface area contributed by atoms with Gasteiger partial charge in [-0.05, 0) is 25.7 Å². The molecule has 96 valence electrons. The lowest BCUT2D eigenvalue weighted by molar-refractivity contribution is 0.346. The summed E-state index contributed by atoms with van der Waals surface area (Å²) in [6, 6.07) is 0. The van der Waals surface area contributed by atoms with Crippen molar-refractivity contribution in [2.75, 3.05) is 5.73 Å². The average Bonchev–Trinajstić information content (AvgIpc) is 2.87. The van der Waals surface area contributed by atoms with Crippen LogP contribution in [0.3, 0.4) is 0 Å². The monoisotopic (exact) mass is 264 g/mol. The average molecular weight is 264 g/mol. The second kappa shape index (κ2) is 5.06. The molecular weight excluding hydrogens is 248 g/mol. The molecule has 0 bridgehead atoms. The van der Waals surface area contributed by atoms with E-state index in [1.54, 1.807) is 0 Å². The maximum atomic E-state index is 5.59. The van der Waals surface area contributed by atoms with E-state index < -0.39 is 0 Å². The van der Waals surface area contributed by atoms with Crippen LogP contribution in [0.15, 0.2) is 9.90 Å². The highest BCUT2D eigenvalue weighted by molar-refractivity contribution is 7.13. The molecule has 2 aromatic heterocycles. The quantitative estimate of drug-likeness (QED) is 0.898. The fraction of sp³-hybridized carbons (Fsp3) is 0.583. The summed E-state index contributed by atoms with van der Waals surface area (Å²) < 4.78 is 5.26. The standard InChI is InChI=1S/C12H16N4OS/c13-12-14-9(7-18-12)5-2-6-10-15-11(16-17-10)8-3-1-4-8/h7-8H,1-6H2,(H2,13,14). The van der Waals surface area contributed by atoms with Gasteiger partial charge in [0.2, 0.25) is 5.89 Å². The summed E-state index contributed by atoms with van der Waals surface area (Å²) in [5, 5.41) is 6.69. The molecule has 1 fully saturated rings. The summed E-state index contributed by atoms with van der Waals surface area (Å²) in [5.74, 6) is 2.19. The summed E-state index contributed by atoms with van der Waals surface area (Å²) in [7, 11) is 0. The van der Waals surface area contributed by atoms with Crippen LogP contribution in [-0.4, -0.2) is 15.1 Å². The molecule has 1 saturated carbocycles. The molecule has 0 aromatic carbocycles. The van der Waals surface area contributed by atoms with Gasteiger partial charge in [0.25, 0.3) is 0 Å². The molecule has 5 nitrogen and oxygen atoms in total. The fourth-order valence-corrected chi connectivity index (χ4v) is 2.66. The minimum absolute atomic E-state index is 0.542. The van der Waals surface area contributed by atoms with Crippen LogP contribution in [0, 0.1) is 0 Å². The minimum atomic E-state index is 0.542. The van der Waals surface area contributed by atoms with Crippen LogP contribution < -0.4 is 5.73 Å². The van der Waals surface area contributed by atoms with Crippen molar-refractivity contribution >= 4 is 16.5 Å². The van der Waals surface area contributed by atoms with Crippen LogP contribution in [0.4, 0.5) is 5.13 Å². The van der Waals surface area contributed by atoms with Crippen molar-refractivity contribution in [2.45, 2.75) is 44.4 Å². The molecule has 2 aromatic rings. The van der Waals surface area contributed by atoms with Gasteiger partial charge in [0.05, 0.1) is 5.69 Å². The third-order valence-electron chi connectivity index (χ3n) is 3.35. The number of hydrogen-bond donors (Lipinski definition) is 1. The van der Waals surface area contributed by atoms with E-state index in [9.17, 15) is 0 Å². The Bertz CT molecular complexity index is 518. The van der Waals surface area contributed by atoms with Crippen molar-refractivity contribution in [1.82, 2.24) is 15.1 Å². The van der Waals surface area contributed by atoms with Crippen LogP contribution in [0.2, 0.25) is 0 Å². The Morgan fingerprint density at radius 3 is 2.89 bits per heavy atom. The molecule has 0 amide bonds. The van der Waals surface area contributed by atoms with Gasteiger partial charge < -0.3 is 10.3 Å². The molecule has 1 aliphatic carbocycles. The van der Waals surface area contributed by atoms with Crippen molar-refractivity contribution < 1.29 is 4.52 Å². The normalized spacial score (nSPS) is 15.8. The highest BCUT2D eigenvalue weighted by atomic mass is 32.1. The van der Waals surface area contributed by atoms with Gasteiger partial charge in [0, 0.05) is 17.7 Å². The molecular formula is C12H16N4OS. The summed E-state index contributed by atoms with van der Waals surface area (Å²) in [5.41, 5.74) is 6.64. The smallest absolute Gasteiger partial charge is 0.226 e. The van der Waals surface area contributed by atoms with Crippen LogP contribution in [0.1, 0.15) is 49.0 Å². The van der Waals surface area contributed by atoms with Gasteiger partial charge in [-0.15, -0.1) is 11.3 Å². The van der Waals surface area contributed by atoms with Gasteiger partial charge in [-0.3, -0.25) is 0 Å². The van der Waals surface area contributed by atoms with E-state index in [1.165, 1.54) is 30.6 Å². The molecule has 2 heterocycles. The van der Waals surface area contributed by atoms with Gasteiger partial charge in [0.1, 0.15) is 0 Å². The van der Waals surface area contributed by atoms with Crippen LogP contribution >= 0.6 is 11.3 Å². The molecule has 0 saturated heterocycles. The van der Waals surface area contributed by atoms with E-state index in [2.05, 4.69) is 15.1 Å². The van der Waals surface area contributed by atoms with Crippen molar-refractivity contribution in [3.8, 4) is 0 Å². The second-order valence-electron chi connectivity index (χ2n) is 4.70. The summed E-state index contributed by atoms with van der Waals surface area (Å²) in [4.78, 5) is 8.68. The maximum absolute atomic E-state index is 5.59. The number of rotatable bonds is 5. The fourth-order valence-electron chi connectivity index (χ4n) is 2.06. The highest BCUT2D eigenvalue weighted by Crippen LogP contribution is 2.34. The Morgan fingerprint density at radius 1 is 1.33 bits per heavy atom. The molecule has 1 aliphatic rings. The van der Waals surface area contributed by atoms with Crippen molar-refractivity contribution in [3.05, 3.63) is 22.8 Å². The first kappa shape index (κ1) is 11.6. The molecule has 0 aliphatic heterocycles. The molecule has 3 rings (SSSR count). The maximum Gasteiger partial charge on any atom is 0.226 e. The number of nitrogens with zero attached hydrogens (tertiary/aromatic N) is 3. The predicted molar refractivity (Wildman–Crippen MR) is 69.4 cm³/mol. The molecule has 0 radical (unpaired) electrons. The summed E-state index contributed by atoms with van der Waals surface area (Å²) in [6.07, 6.45) is 6.40. The molecule has 0 atom stereocenters. The Kier molecular flexibility index (Phi) is 3.27. The summed E-state index contributed by atoms with van der Waals surface area (Å²) in [6.45, 7) is 0. The number of hydrogen-bond acceptors (Lipinski definition) is 6. The van der Waals surface area contributed by atoms with E-state index in [-0.39, 0.29) is 0 Å². The van der Waals surface area contributed by atoms with Crippen LogP contribution in [0.25, 0.3) is 0 Å². The van der Waals surface area contributed by atoms with Gasteiger partial charge in [-0.25, -0.2) is 4.98 Å². The Balaban J connectivity index is 1.49. The van der Waals surface area contributed by atoms with Gasteiger partial charge in [0.15, 0.2) is 11.0 Å². The number of aryl methyl sites for hydroxylation is 2. The van der Waals surface area contributed by atoms with E-state index in [4.69, 9.17) is 10.3 Å². The Labute approximate surface area is 109 Å². The van der Waals surface area contributed by atoms with Crippen molar-refractivity contribution in [3.63, 3.8) is 0 Å². The van der Waals surface area contributed by atoms with Gasteiger partial charge in [-0.2, -0.15) is 4.98 Å². The van der Waals surface area contributed by atoms with E-state index in [1.807, 2.05) is 5.38 Å². The first-order valence-electron chi connectivity index (χ1n) is 6.33. The Hall–Kier alpha value is -1.43. The van der Waals surface area contributed by atoms with Gasteiger partial charge in [-0.1, -0.05) is 11.6 Å². The topological polar surface area (TPSA) is 77.8 Å². The number of thiazole rings is 1. The zero-order valence-electron chi connectivity index (χ0n) is 10.1. The van der Waals surface area contributed by atoms with E-state index >= 15 is 0 Å². The predicted octanol–water partition coefficient (Wildman–Crippen LogP) is 2.55. The largest absolute Gasteiger partial charge is 0.375 e. The van der Waals surface area contributed by atoms with E-state index in [0.29, 0.717) is 11.0 Å². The molecule has 0 spiro atoms. The van der Waals surface area contributed by atoms with Gasteiger partial charge >= 0.3 is 0 Å². The highest BCUT2D eigenvalue weighted by Gasteiger charge is 2.24. The molecule has 6 heteroatoms. The van der Waals surface area contributed by atoms with Crippen molar-refractivity contribution in [1.29, 1.82) is 0 Å². The number of anilines is 1. The molecule has 2 N–H and O–H groups in total. The number of nitrogen functional groups attached to an aromatic ring is 1. The molecule has 18 heavy (non-hydrogen) atoms. The first-order chi connectivity index (χ1) is 8.81. The third kappa shape index (κ3) is 2.53. The second-order valence-corrected chi connectivity index (χ2v) is 5.59. The van der Waals surface area contributed by atoms with Crippen LogP contribution in [-0.2, 0) is 12.8 Å².